The Morgan fingerprint density at radius 2 is 1.89 bits per heavy atom. The lowest BCUT2D eigenvalue weighted by Crippen LogP contribution is -2.01. The van der Waals surface area contributed by atoms with Crippen molar-refractivity contribution in [3.8, 4) is 0 Å². The zero-order valence-corrected chi connectivity index (χ0v) is 11.2. The molecule has 0 radical (unpaired) electrons. The molecule has 0 fully saturated rings. The fraction of sp³-hybridized carbons (Fsp3) is 0.400. The Morgan fingerprint density at radius 1 is 1.22 bits per heavy atom. The first kappa shape index (κ1) is 12.8. The summed E-state index contributed by atoms with van der Waals surface area (Å²) in [6, 6.07) is 6.51. The molecule has 0 saturated heterocycles. The van der Waals surface area contributed by atoms with E-state index in [-0.39, 0.29) is 0 Å². The first-order valence-electron chi connectivity index (χ1n) is 6.36. The summed E-state index contributed by atoms with van der Waals surface area (Å²) in [5.41, 5.74) is 4.67. The van der Waals surface area contributed by atoms with E-state index in [0.717, 1.165) is 18.5 Å². The summed E-state index contributed by atoms with van der Waals surface area (Å²) >= 11 is 0. The van der Waals surface area contributed by atoms with E-state index < -0.39 is 6.10 Å². The Morgan fingerprint density at radius 3 is 2.50 bits per heavy atom. The van der Waals surface area contributed by atoms with Crippen LogP contribution in [0, 0.1) is 13.8 Å². The summed E-state index contributed by atoms with van der Waals surface area (Å²) in [7, 11) is 0. The minimum atomic E-state index is -0.405. The van der Waals surface area contributed by atoms with Gasteiger partial charge in [0.05, 0.1) is 18.8 Å². The van der Waals surface area contributed by atoms with Crippen LogP contribution in [-0.4, -0.2) is 14.9 Å². The maximum atomic E-state index is 9.74. The zero-order valence-electron chi connectivity index (χ0n) is 11.2. The van der Waals surface area contributed by atoms with Crippen molar-refractivity contribution in [1.82, 2.24) is 9.78 Å². The minimum Gasteiger partial charge on any atom is -0.388 e. The van der Waals surface area contributed by atoms with Gasteiger partial charge in [-0.1, -0.05) is 36.2 Å². The van der Waals surface area contributed by atoms with Crippen LogP contribution in [0.5, 0.6) is 0 Å². The molecule has 3 heteroatoms. The molecule has 2 aromatic rings. The Bertz CT molecular complexity index is 511. The number of aryl methyl sites for hydroxylation is 2. The maximum Gasteiger partial charge on any atom is 0.0817 e. The molecule has 0 aliphatic carbocycles. The minimum absolute atomic E-state index is 0.405. The van der Waals surface area contributed by atoms with Crippen molar-refractivity contribution in [1.29, 1.82) is 0 Å². The number of hydrogen-bond donors (Lipinski definition) is 1. The van der Waals surface area contributed by atoms with Gasteiger partial charge in [0.1, 0.15) is 0 Å². The number of benzene rings is 1. The summed E-state index contributed by atoms with van der Waals surface area (Å²) < 4.78 is 1.88. The lowest BCUT2D eigenvalue weighted by Gasteiger charge is -2.06. The van der Waals surface area contributed by atoms with E-state index in [4.69, 9.17) is 0 Å². The predicted molar refractivity (Wildman–Crippen MR) is 72.5 cm³/mol. The number of rotatable bonds is 4. The normalized spacial score (nSPS) is 12.7. The van der Waals surface area contributed by atoms with Crippen LogP contribution in [0.3, 0.4) is 0 Å². The molecule has 1 N–H and O–H groups in total. The van der Waals surface area contributed by atoms with E-state index in [0.29, 0.717) is 0 Å². The van der Waals surface area contributed by atoms with Gasteiger partial charge in [-0.2, -0.15) is 5.10 Å². The van der Waals surface area contributed by atoms with Crippen LogP contribution in [0.1, 0.15) is 41.7 Å². The molecule has 18 heavy (non-hydrogen) atoms. The Labute approximate surface area is 108 Å². The molecule has 0 aliphatic rings. The molecule has 0 aliphatic heterocycles. The highest BCUT2D eigenvalue weighted by molar-refractivity contribution is 5.28. The van der Waals surface area contributed by atoms with Gasteiger partial charge in [-0.05, 0) is 25.8 Å². The summed E-state index contributed by atoms with van der Waals surface area (Å²) in [5.74, 6) is 0. The number of aromatic nitrogens is 2. The van der Waals surface area contributed by atoms with Crippen molar-refractivity contribution in [2.75, 3.05) is 0 Å². The average molecular weight is 244 g/mol. The second kappa shape index (κ2) is 5.36. The van der Waals surface area contributed by atoms with Gasteiger partial charge < -0.3 is 5.11 Å². The largest absolute Gasteiger partial charge is 0.388 e. The molecule has 0 spiro atoms. The monoisotopic (exact) mass is 244 g/mol. The van der Waals surface area contributed by atoms with Gasteiger partial charge in [0.15, 0.2) is 0 Å². The standard InChI is InChI=1S/C15H20N2O/c1-4-15(18)14-8-16-17(10-14)9-13-6-11(2)5-12(3)7-13/h5-8,10,15,18H,4,9H2,1-3H3. The van der Waals surface area contributed by atoms with Gasteiger partial charge in [0, 0.05) is 11.8 Å². The third kappa shape index (κ3) is 2.99. The third-order valence-corrected chi connectivity index (χ3v) is 3.05. The van der Waals surface area contributed by atoms with E-state index in [1.54, 1.807) is 6.20 Å². The molecule has 0 bridgehead atoms. The van der Waals surface area contributed by atoms with Gasteiger partial charge in [0.25, 0.3) is 0 Å². The van der Waals surface area contributed by atoms with Crippen LogP contribution in [0.4, 0.5) is 0 Å². The van der Waals surface area contributed by atoms with E-state index >= 15 is 0 Å². The van der Waals surface area contributed by atoms with Gasteiger partial charge in [-0.15, -0.1) is 0 Å². The van der Waals surface area contributed by atoms with Crippen LogP contribution < -0.4 is 0 Å². The topological polar surface area (TPSA) is 38.1 Å². The van der Waals surface area contributed by atoms with Crippen molar-refractivity contribution < 1.29 is 5.11 Å². The maximum absolute atomic E-state index is 9.74. The molecular weight excluding hydrogens is 224 g/mol. The van der Waals surface area contributed by atoms with Crippen LogP contribution in [-0.2, 0) is 6.54 Å². The number of aliphatic hydroxyl groups excluding tert-OH is 1. The molecule has 2 rings (SSSR count). The molecule has 0 saturated carbocycles. The van der Waals surface area contributed by atoms with E-state index in [1.165, 1.54) is 16.7 Å². The average Bonchev–Trinajstić information content (AvgIpc) is 2.75. The van der Waals surface area contributed by atoms with Gasteiger partial charge >= 0.3 is 0 Å². The van der Waals surface area contributed by atoms with Crippen molar-refractivity contribution in [2.45, 2.75) is 39.8 Å². The van der Waals surface area contributed by atoms with E-state index in [2.05, 4.69) is 37.1 Å². The highest BCUT2D eigenvalue weighted by Gasteiger charge is 2.07. The van der Waals surface area contributed by atoms with Crippen molar-refractivity contribution in [3.05, 3.63) is 52.8 Å². The van der Waals surface area contributed by atoms with Gasteiger partial charge in [-0.25, -0.2) is 0 Å². The second-order valence-electron chi connectivity index (χ2n) is 4.89. The first-order chi connectivity index (χ1) is 8.58. The highest BCUT2D eigenvalue weighted by atomic mass is 16.3. The fourth-order valence-electron chi connectivity index (χ4n) is 2.22. The lowest BCUT2D eigenvalue weighted by atomic mass is 10.1. The quantitative estimate of drug-likeness (QED) is 0.897. The molecule has 3 nitrogen and oxygen atoms in total. The number of hydrogen-bond acceptors (Lipinski definition) is 2. The summed E-state index contributed by atoms with van der Waals surface area (Å²) in [4.78, 5) is 0. The molecule has 1 unspecified atom stereocenters. The fourth-order valence-corrected chi connectivity index (χ4v) is 2.22. The van der Waals surface area contributed by atoms with Crippen LogP contribution in [0.15, 0.2) is 30.6 Å². The van der Waals surface area contributed by atoms with Crippen LogP contribution in [0.2, 0.25) is 0 Å². The van der Waals surface area contributed by atoms with Crippen LogP contribution in [0.25, 0.3) is 0 Å². The molecule has 1 aromatic heterocycles. The van der Waals surface area contributed by atoms with Crippen molar-refractivity contribution in [3.63, 3.8) is 0 Å². The summed E-state index contributed by atoms with van der Waals surface area (Å²) in [6.45, 7) is 6.92. The van der Waals surface area contributed by atoms with Gasteiger partial charge in [0.2, 0.25) is 0 Å². The Kier molecular flexibility index (Phi) is 3.82. The SMILES string of the molecule is CCC(O)c1cnn(Cc2cc(C)cc(C)c2)c1. The first-order valence-corrected chi connectivity index (χ1v) is 6.36. The zero-order chi connectivity index (χ0) is 13.1. The van der Waals surface area contributed by atoms with Crippen LogP contribution >= 0.6 is 0 Å². The van der Waals surface area contributed by atoms with Crippen molar-refractivity contribution >= 4 is 0 Å². The lowest BCUT2D eigenvalue weighted by molar-refractivity contribution is 0.173. The second-order valence-corrected chi connectivity index (χ2v) is 4.89. The summed E-state index contributed by atoms with van der Waals surface area (Å²) in [6.07, 6.45) is 3.98. The number of nitrogens with zero attached hydrogens (tertiary/aromatic N) is 2. The molecule has 1 atom stereocenters. The Balaban J connectivity index is 2.16. The molecular formula is C15H20N2O. The molecule has 1 aromatic carbocycles. The molecule has 0 amide bonds. The highest BCUT2D eigenvalue weighted by Crippen LogP contribution is 2.16. The molecule has 1 heterocycles. The van der Waals surface area contributed by atoms with E-state index in [9.17, 15) is 5.11 Å². The third-order valence-electron chi connectivity index (χ3n) is 3.05. The van der Waals surface area contributed by atoms with Crippen molar-refractivity contribution in [2.24, 2.45) is 0 Å². The Hall–Kier alpha value is -1.61. The summed E-state index contributed by atoms with van der Waals surface area (Å²) in [5, 5.41) is 14.0. The molecule has 96 valence electrons. The van der Waals surface area contributed by atoms with E-state index in [1.807, 2.05) is 17.8 Å². The predicted octanol–water partition coefficient (Wildman–Crippen LogP) is 2.99. The number of aliphatic hydroxyl groups is 1. The van der Waals surface area contributed by atoms with Gasteiger partial charge in [-0.3, -0.25) is 4.68 Å². The smallest absolute Gasteiger partial charge is 0.0817 e.